The molecule has 0 amide bonds. The highest BCUT2D eigenvalue weighted by molar-refractivity contribution is 7.89. The van der Waals surface area contributed by atoms with Gasteiger partial charge in [-0.05, 0) is 36.1 Å². The zero-order valence-electron chi connectivity index (χ0n) is 21.3. The minimum Gasteiger partial charge on any atom is -0.492 e. The normalized spacial score (nSPS) is 28.3. The van der Waals surface area contributed by atoms with E-state index >= 15 is 0 Å². The Morgan fingerprint density at radius 1 is 1.08 bits per heavy atom. The number of benzene rings is 2. The lowest BCUT2D eigenvalue weighted by atomic mass is 9.85. The molecule has 1 spiro atoms. The van der Waals surface area contributed by atoms with Crippen molar-refractivity contribution in [2.24, 2.45) is 12.5 Å². The molecular formula is C27H34N4O6S. The van der Waals surface area contributed by atoms with Crippen LogP contribution in [0.1, 0.15) is 18.7 Å². The Kier molecular flexibility index (Phi) is 7.58. The smallest absolute Gasteiger partial charge is 0.244 e. The predicted molar refractivity (Wildman–Crippen MR) is 141 cm³/mol. The van der Waals surface area contributed by atoms with E-state index in [1.54, 1.807) is 18.3 Å². The van der Waals surface area contributed by atoms with E-state index in [4.69, 9.17) is 4.74 Å². The van der Waals surface area contributed by atoms with Crippen LogP contribution in [-0.4, -0.2) is 82.7 Å². The molecule has 38 heavy (non-hydrogen) atoms. The van der Waals surface area contributed by atoms with Crippen molar-refractivity contribution in [2.75, 3.05) is 26.2 Å². The third kappa shape index (κ3) is 5.78. The molecule has 11 heteroatoms. The van der Waals surface area contributed by atoms with E-state index in [2.05, 4.69) is 9.71 Å². The molecule has 1 aliphatic carbocycles. The van der Waals surface area contributed by atoms with Crippen LogP contribution in [0.2, 0.25) is 0 Å². The molecule has 204 valence electrons. The highest BCUT2D eigenvalue weighted by Crippen LogP contribution is 2.41. The molecule has 4 N–H and O–H groups in total. The number of aliphatic hydroxyl groups excluding tert-OH is 3. The second-order valence-corrected chi connectivity index (χ2v) is 12.2. The summed E-state index contributed by atoms with van der Waals surface area (Å²) < 4.78 is 37.3. The lowest BCUT2D eigenvalue weighted by Gasteiger charge is -2.36. The second kappa shape index (κ2) is 10.8. The summed E-state index contributed by atoms with van der Waals surface area (Å²) in [5, 5.41) is 31.9. The van der Waals surface area contributed by atoms with E-state index in [0.29, 0.717) is 13.1 Å². The Bertz CT molecular complexity index is 1350. The Labute approximate surface area is 222 Å². The maximum Gasteiger partial charge on any atom is 0.244 e. The van der Waals surface area contributed by atoms with Gasteiger partial charge in [0, 0.05) is 44.5 Å². The molecule has 1 aliphatic heterocycles. The Morgan fingerprint density at radius 3 is 2.50 bits per heavy atom. The van der Waals surface area contributed by atoms with E-state index < -0.39 is 33.8 Å². The average molecular weight is 543 g/mol. The number of β-amino-alcohol motifs (C(OH)–C–C–N with tert-alkyl or cyclic N) is 1. The summed E-state index contributed by atoms with van der Waals surface area (Å²) in [6, 6.07) is 14.5. The molecule has 10 nitrogen and oxygen atoms in total. The largest absolute Gasteiger partial charge is 0.492 e. The highest BCUT2D eigenvalue weighted by atomic mass is 32.2. The van der Waals surface area contributed by atoms with Crippen LogP contribution in [0.3, 0.4) is 0 Å². The van der Waals surface area contributed by atoms with Gasteiger partial charge in [-0.3, -0.25) is 4.90 Å². The van der Waals surface area contributed by atoms with Crippen LogP contribution >= 0.6 is 0 Å². The van der Waals surface area contributed by atoms with Crippen LogP contribution in [0.15, 0.2) is 65.8 Å². The molecule has 0 bridgehead atoms. The number of aromatic nitrogens is 2. The van der Waals surface area contributed by atoms with E-state index in [-0.39, 0.29) is 43.2 Å². The molecule has 2 heterocycles. The summed E-state index contributed by atoms with van der Waals surface area (Å²) in [5.74, 6) is 0.956. The van der Waals surface area contributed by atoms with Crippen LogP contribution in [0.25, 0.3) is 11.1 Å². The number of sulfonamides is 1. The zero-order valence-corrected chi connectivity index (χ0v) is 22.1. The van der Waals surface area contributed by atoms with Crippen molar-refractivity contribution in [3.05, 3.63) is 66.7 Å². The fraction of sp³-hybridized carbons (Fsp3) is 0.444. The summed E-state index contributed by atoms with van der Waals surface area (Å²) >= 11 is 0. The Balaban J connectivity index is 1.53. The topological polar surface area (TPSA) is 137 Å². The van der Waals surface area contributed by atoms with Gasteiger partial charge in [0.15, 0.2) is 0 Å². The number of aliphatic hydroxyl groups is 3. The number of ether oxygens (including phenoxy) is 1. The summed E-state index contributed by atoms with van der Waals surface area (Å²) in [4.78, 5) is 6.36. The SMILES string of the molecule is Cn1ccnc1CN1C[C@@H](O)CNS(=O)(=O)c2ccc(-c3ccccc3)cc2OCC2(C[C@@H](O)[C@@H](O)C2)C1. The van der Waals surface area contributed by atoms with Gasteiger partial charge in [0.05, 0.1) is 31.5 Å². The third-order valence-corrected chi connectivity index (χ3v) is 8.89. The van der Waals surface area contributed by atoms with Crippen molar-refractivity contribution in [1.29, 1.82) is 0 Å². The predicted octanol–water partition coefficient (Wildman–Crippen LogP) is 1.12. The first-order chi connectivity index (χ1) is 18.1. The molecule has 1 unspecified atom stereocenters. The standard InChI is InChI=1S/C27H34N4O6S/c1-30-10-9-28-26(30)16-31-15-21(32)14-29-38(35,36)25-8-7-20(19-5-3-2-4-6-19)11-24(25)37-18-27(17-31)12-22(33)23(34)13-27/h2-11,21-23,29,32-34H,12-18H2,1H3/t21-,22-,23+,27?/m0/s1. The number of fused-ring (bicyclic) bond motifs is 1. The summed E-state index contributed by atoms with van der Waals surface area (Å²) in [7, 11) is -2.12. The van der Waals surface area contributed by atoms with Gasteiger partial charge >= 0.3 is 0 Å². The average Bonchev–Trinajstić information content (AvgIpc) is 3.42. The van der Waals surface area contributed by atoms with Crippen molar-refractivity contribution >= 4 is 10.0 Å². The molecule has 3 aromatic rings. The van der Waals surface area contributed by atoms with E-state index in [1.807, 2.05) is 53.0 Å². The van der Waals surface area contributed by atoms with Crippen LogP contribution in [0.4, 0.5) is 0 Å². The number of nitrogens with zero attached hydrogens (tertiary/aromatic N) is 3. The number of hydrogen-bond donors (Lipinski definition) is 4. The van der Waals surface area contributed by atoms with Crippen LogP contribution in [0, 0.1) is 5.41 Å². The van der Waals surface area contributed by atoms with Crippen LogP contribution in [-0.2, 0) is 23.6 Å². The lowest BCUT2D eigenvalue weighted by Crippen LogP contribution is -2.46. The van der Waals surface area contributed by atoms with Crippen LogP contribution in [0.5, 0.6) is 5.75 Å². The Morgan fingerprint density at radius 2 is 1.82 bits per heavy atom. The van der Waals surface area contributed by atoms with Crippen molar-refractivity contribution < 1.29 is 28.5 Å². The number of rotatable bonds is 3. The summed E-state index contributed by atoms with van der Waals surface area (Å²) in [6.45, 7) is 0.872. The monoisotopic (exact) mass is 542 g/mol. The van der Waals surface area contributed by atoms with Gasteiger partial charge in [-0.1, -0.05) is 36.4 Å². The molecule has 2 aliphatic rings. The molecular weight excluding hydrogens is 508 g/mol. The minimum atomic E-state index is -4.00. The number of aryl methyl sites for hydroxylation is 1. The fourth-order valence-electron chi connectivity index (χ4n) is 5.47. The molecule has 0 radical (unpaired) electrons. The first-order valence-corrected chi connectivity index (χ1v) is 14.2. The molecule has 1 saturated carbocycles. The number of nitrogens with one attached hydrogen (secondary N) is 1. The van der Waals surface area contributed by atoms with Gasteiger partial charge < -0.3 is 24.6 Å². The maximum atomic E-state index is 13.3. The fourth-order valence-corrected chi connectivity index (χ4v) is 6.67. The maximum absolute atomic E-state index is 13.3. The first-order valence-electron chi connectivity index (χ1n) is 12.7. The van der Waals surface area contributed by atoms with Crippen molar-refractivity contribution in [1.82, 2.24) is 19.2 Å². The van der Waals surface area contributed by atoms with E-state index in [1.165, 1.54) is 6.07 Å². The highest BCUT2D eigenvalue weighted by Gasteiger charge is 2.46. The molecule has 1 fully saturated rings. The summed E-state index contributed by atoms with van der Waals surface area (Å²) in [5.41, 5.74) is 1.03. The number of hydrogen-bond acceptors (Lipinski definition) is 8. The summed E-state index contributed by atoms with van der Waals surface area (Å²) in [6.07, 6.45) is 1.24. The number of imidazole rings is 1. The van der Waals surface area contributed by atoms with Gasteiger partial charge in [-0.25, -0.2) is 18.1 Å². The molecule has 4 atom stereocenters. The van der Waals surface area contributed by atoms with Crippen molar-refractivity contribution in [3.63, 3.8) is 0 Å². The van der Waals surface area contributed by atoms with Crippen molar-refractivity contribution in [3.8, 4) is 16.9 Å². The van der Waals surface area contributed by atoms with Gasteiger partial charge in [-0.15, -0.1) is 0 Å². The van der Waals surface area contributed by atoms with Crippen LogP contribution < -0.4 is 9.46 Å². The van der Waals surface area contributed by atoms with Crippen molar-refractivity contribution in [2.45, 2.75) is 42.6 Å². The first kappa shape index (κ1) is 26.8. The molecule has 5 rings (SSSR count). The Hall–Kier alpha value is -2.80. The molecule has 2 aromatic carbocycles. The molecule has 0 saturated heterocycles. The van der Waals surface area contributed by atoms with Gasteiger partial charge in [0.1, 0.15) is 16.5 Å². The lowest BCUT2D eigenvalue weighted by molar-refractivity contribution is 0.0412. The molecule has 1 aromatic heterocycles. The van der Waals surface area contributed by atoms with E-state index in [0.717, 1.165) is 17.0 Å². The van der Waals surface area contributed by atoms with Gasteiger partial charge in [0.25, 0.3) is 0 Å². The minimum absolute atomic E-state index is 0.0240. The van der Waals surface area contributed by atoms with Gasteiger partial charge in [-0.2, -0.15) is 0 Å². The zero-order chi connectivity index (χ0) is 26.9. The van der Waals surface area contributed by atoms with Gasteiger partial charge in [0.2, 0.25) is 10.0 Å². The third-order valence-electron chi connectivity index (χ3n) is 7.43. The second-order valence-electron chi connectivity index (χ2n) is 10.5. The quantitative estimate of drug-likeness (QED) is 0.387. The van der Waals surface area contributed by atoms with E-state index in [9.17, 15) is 23.7 Å².